The van der Waals surface area contributed by atoms with E-state index in [0.29, 0.717) is 0 Å². The molecule has 3 rings (SSSR count). The highest BCUT2D eigenvalue weighted by molar-refractivity contribution is 14.1. The van der Waals surface area contributed by atoms with Gasteiger partial charge in [0.05, 0.1) is 11.3 Å². The van der Waals surface area contributed by atoms with E-state index in [0.717, 1.165) is 9.64 Å². The number of hydrogen-bond donors (Lipinski definition) is 1. The number of fused-ring (bicyclic) bond motifs is 1. The van der Waals surface area contributed by atoms with E-state index < -0.39 is 29.2 Å². The Kier molecular flexibility index (Phi) is 4.44. The SMILES string of the molecule is O=C(O[C@]1(C(F)(F)F)C(=O)Nc2cc(Cl)ccc21)c1ccc(I)cc1. The second-order valence-electron chi connectivity index (χ2n) is 5.22. The summed E-state index contributed by atoms with van der Waals surface area (Å²) in [5.41, 5.74) is -4.18. The highest BCUT2D eigenvalue weighted by Crippen LogP contribution is 2.50. The zero-order valence-corrected chi connectivity index (χ0v) is 15.1. The van der Waals surface area contributed by atoms with E-state index in [9.17, 15) is 22.8 Å². The molecule has 0 fully saturated rings. The van der Waals surface area contributed by atoms with Gasteiger partial charge in [0.15, 0.2) is 0 Å². The Morgan fingerprint density at radius 3 is 2.40 bits per heavy atom. The molecule has 1 aliphatic heterocycles. The Hall–Kier alpha value is -1.81. The molecule has 0 spiro atoms. The lowest BCUT2D eigenvalue weighted by molar-refractivity contribution is -0.251. The van der Waals surface area contributed by atoms with E-state index in [4.69, 9.17) is 16.3 Å². The van der Waals surface area contributed by atoms with Crippen molar-refractivity contribution in [1.29, 1.82) is 0 Å². The van der Waals surface area contributed by atoms with Crippen molar-refractivity contribution in [2.24, 2.45) is 0 Å². The fraction of sp³-hybridized carbons (Fsp3) is 0.125. The standard InChI is InChI=1S/C16H8ClF3INO3/c17-9-3-6-11-12(7-9)22-14(24)15(11,16(18,19)20)25-13(23)8-1-4-10(21)5-2-8/h1-7H,(H,22,24)/t15-/m0/s1. The first-order valence-corrected chi connectivity index (χ1v) is 8.28. The molecule has 1 amide bonds. The van der Waals surface area contributed by atoms with Crippen molar-refractivity contribution in [2.75, 3.05) is 5.32 Å². The predicted octanol–water partition coefficient (Wildman–Crippen LogP) is 4.51. The number of rotatable bonds is 2. The lowest BCUT2D eigenvalue weighted by Crippen LogP contribution is -2.51. The summed E-state index contributed by atoms with van der Waals surface area (Å²) in [4.78, 5) is 24.4. The fourth-order valence-corrected chi connectivity index (χ4v) is 3.02. The van der Waals surface area contributed by atoms with Crippen molar-refractivity contribution in [3.8, 4) is 0 Å². The van der Waals surface area contributed by atoms with Crippen molar-refractivity contribution in [3.05, 3.63) is 62.2 Å². The molecule has 1 heterocycles. The number of ether oxygens (including phenoxy) is 1. The maximum absolute atomic E-state index is 13.8. The van der Waals surface area contributed by atoms with Crippen LogP contribution < -0.4 is 5.32 Å². The molecular formula is C16H8ClF3INO3. The van der Waals surface area contributed by atoms with Crippen molar-refractivity contribution >= 4 is 51.8 Å². The summed E-state index contributed by atoms with van der Waals surface area (Å²) in [6.45, 7) is 0. The summed E-state index contributed by atoms with van der Waals surface area (Å²) in [6.07, 6.45) is -5.16. The number of amides is 1. The number of nitrogens with one attached hydrogen (secondary N) is 1. The van der Waals surface area contributed by atoms with Crippen LogP contribution in [-0.4, -0.2) is 18.1 Å². The second-order valence-corrected chi connectivity index (χ2v) is 6.90. The van der Waals surface area contributed by atoms with Gasteiger partial charge in [-0.3, -0.25) is 4.79 Å². The van der Waals surface area contributed by atoms with Crippen LogP contribution in [0.3, 0.4) is 0 Å². The molecule has 25 heavy (non-hydrogen) atoms. The number of esters is 1. The Morgan fingerprint density at radius 1 is 1.16 bits per heavy atom. The van der Waals surface area contributed by atoms with Gasteiger partial charge in [-0.15, -0.1) is 0 Å². The first-order chi connectivity index (χ1) is 11.6. The second kappa shape index (κ2) is 6.17. The molecule has 0 saturated carbocycles. The van der Waals surface area contributed by atoms with E-state index in [2.05, 4.69) is 5.32 Å². The van der Waals surface area contributed by atoms with Gasteiger partial charge in [0.1, 0.15) is 0 Å². The molecule has 0 saturated heterocycles. The van der Waals surface area contributed by atoms with Gasteiger partial charge in [0, 0.05) is 14.2 Å². The molecule has 130 valence electrons. The van der Waals surface area contributed by atoms with Crippen LogP contribution in [0.1, 0.15) is 15.9 Å². The molecule has 0 aliphatic carbocycles. The van der Waals surface area contributed by atoms with Gasteiger partial charge in [-0.1, -0.05) is 17.7 Å². The van der Waals surface area contributed by atoms with Gasteiger partial charge in [0.2, 0.25) is 0 Å². The van der Waals surface area contributed by atoms with Crippen molar-refractivity contribution in [3.63, 3.8) is 0 Å². The summed E-state index contributed by atoms with van der Waals surface area (Å²) in [7, 11) is 0. The van der Waals surface area contributed by atoms with Crippen LogP contribution in [0.5, 0.6) is 0 Å². The average Bonchev–Trinajstić information content (AvgIpc) is 2.79. The third-order valence-corrected chi connectivity index (χ3v) is 4.61. The van der Waals surface area contributed by atoms with Gasteiger partial charge < -0.3 is 10.1 Å². The maximum Gasteiger partial charge on any atom is 0.442 e. The fourth-order valence-electron chi connectivity index (χ4n) is 2.48. The summed E-state index contributed by atoms with van der Waals surface area (Å²) >= 11 is 7.74. The molecular weight excluding hydrogens is 474 g/mol. The summed E-state index contributed by atoms with van der Waals surface area (Å²) in [5.74, 6) is -2.75. The number of anilines is 1. The maximum atomic E-state index is 13.8. The smallest absolute Gasteiger partial charge is 0.430 e. The molecule has 0 unspecified atom stereocenters. The van der Waals surface area contributed by atoms with E-state index in [1.165, 1.54) is 24.3 Å². The van der Waals surface area contributed by atoms with Gasteiger partial charge in [-0.05, 0) is 59.0 Å². The van der Waals surface area contributed by atoms with E-state index in [1.54, 1.807) is 12.1 Å². The normalized spacial score (nSPS) is 19.3. The Balaban J connectivity index is 2.09. The first-order valence-electron chi connectivity index (χ1n) is 6.82. The lowest BCUT2D eigenvalue weighted by atomic mass is 9.94. The zero-order chi connectivity index (χ0) is 18.4. The molecule has 0 bridgehead atoms. The van der Waals surface area contributed by atoms with Crippen LogP contribution in [0, 0.1) is 3.57 Å². The minimum Gasteiger partial charge on any atom is -0.430 e. The molecule has 1 atom stereocenters. The van der Waals surface area contributed by atoms with E-state index >= 15 is 0 Å². The zero-order valence-electron chi connectivity index (χ0n) is 12.2. The highest BCUT2D eigenvalue weighted by atomic mass is 127. The van der Waals surface area contributed by atoms with Gasteiger partial charge in [-0.2, -0.15) is 13.2 Å². The highest BCUT2D eigenvalue weighted by Gasteiger charge is 2.68. The number of alkyl halides is 3. The van der Waals surface area contributed by atoms with Crippen LogP contribution in [0.15, 0.2) is 42.5 Å². The molecule has 0 aromatic heterocycles. The molecule has 0 radical (unpaired) electrons. The summed E-state index contributed by atoms with van der Waals surface area (Å²) < 4.78 is 47.0. The van der Waals surface area contributed by atoms with Crippen LogP contribution in [-0.2, 0) is 15.1 Å². The third kappa shape index (κ3) is 2.97. The molecule has 1 N–H and O–H groups in total. The quantitative estimate of drug-likeness (QED) is 0.507. The Morgan fingerprint density at radius 2 is 1.80 bits per heavy atom. The molecule has 2 aromatic carbocycles. The number of carbonyl (C=O) groups is 2. The minimum absolute atomic E-state index is 0.0979. The van der Waals surface area contributed by atoms with Crippen molar-refractivity contribution in [1.82, 2.24) is 0 Å². The molecule has 4 nitrogen and oxygen atoms in total. The number of benzene rings is 2. The number of carbonyl (C=O) groups excluding carboxylic acids is 2. The number of hydrogen-bond acceptors (Lipinski definition) is 3. The van der Waals surface area contributed by atoms with Crippen LogP contribution >= 0.6 is 34.2 Å². The van der Waals surface area contributed by atoms with Crippen LogP contribution in [0.4, 0.5) is 18.9 Å². The number of halogens is 5. The third-order valence-electron chi connectivity index (χ3n) is 3.65. The van der Waals surface area contributed by atoms with Crippen LogP contribution in [0.25, 0.3) is 0 Å². The van der Waals surface area contributed by atoms with Gasteiger partial charge in [-0.25, -0.2) is 4.79 Å². The summed E-state index contributed by atoms with van der Waals surface area (Å²) in [5, 5.41) is 2.22. The van der Waals surface area contributed by atoms with E-state index in [-0.39, 0.29) is 16.3 Å². The Bertz CT molecular complexity index is 870. The topological polar surface area (TPSA) is 55.4 Å². The monoisotopic (exact) mass is 481 g/mol. The Labute approximate surface area is 158 Å². The minimum atomic E-state index is -5.16. The molecule has 1 aliphatic rings. The lowest BCUT2D eigenvalue weighted by Gasteiger charge is -2.29. The van der Waals surface area contributed by atoms with Gasteiger partial charge in [0.25, 0.3) is 5.91 Å². The first kappa shape index (κ1) is 18.0. The van der Waals surface area contributed by atoms with Crippen molar-refractivity contribution < 1.29 is 27.5 Å². The van der Waals surface area contributed by atoms with Crippen LogP contribution in [0.2, 0.25) is 5.02 Å². The largest absolute Gasteiger partial charge is 0.442 e. The summed E-state index contributed by atoms with van der Waals surface area (Å²) in [6, 6.07) is 9.11. The van der Waals surface area contributed by atoms with Crippen molar-refractivity contribution in [2.45, 2.75) is 11.8 Å². The van der Waals surface area contributed by atoms with E-state index in [1.807, 2.05) is 22.6 Å². The average molecular weight is 482 g/mol. The van der Waals surface area contributed by atoms with Gasteiger partial charge >= 0.3 is 17.7 Å². The molecule has 2 aromatic rings. The molecule has 9 heteroatoms. The predicted molar refractivity (Wildman–Crippen MR) is 92.4 cm³/mol.